The Kier molecular flexibility index (Phi) is 3.50. The van der Waals surface area contributed by atoms with E-state index in [9.17, 15) is 4.79 Å². The largest absolute Gasteiger partial charge is 0.345 e. The topological polar surface area (TPSA) is 71.3 Å². The molecule has 1 N–H and O–H groups in total. The first kappa shape index (κ1) is 13.5. The van der Waals surface area contributed by atoms with Crippen LogP contribution in [0.3, 0.4) is 0 Å². The molecule has 0 spiro atoms. The van der Waals surface area contributed by atoms with Crippen LogP contribution in [-0.4, -0.2) is 46.1 Å². The Labute approximate surface area is 118 Å². The first-order valence-corrected chi connectivity index (χ1v) is 7.43. The predicted molar refractivity (Wildman–Crippen MR) is 73.4 cm³/mol. The number of nitrogens with zero attached hydrogens (tertiary/aromatic N) is 3. The van der Waals surface area contributed by atoms with E-state index < -0.39 is 0 Å². The monoisotopic (exact) mass is 278 g/mol. The molecular formula is C14H22N4O2. The van der Waals surface area contributed by atoms with Crippen LogP contribution >= 0.6 is 0 Å². The third-order valence-corrected chi connectivity index (χ3v) is 4.26. The third kappa shape index (κ3) is 2.70. The van der Waals surface area contributed by atoms with Gasteiger partial charge < -0.3 is 9.84 Å². The second kappa shape index (κ2) is 5.16. The lowest BCUT2D eigenvalue weighted by Crippen LogP contribution is -2.40. The molecule has 1 amide bonds. The number of hydrogen-bond acceptors (Lipinski definition) is 5. The van der Waals surface area contributed by atoms with Crippen molar-refractivity contribution in [3.05, 3.63) is 11.7 Å². The molecule has 1 aromatic heterocycles. The van der Waals surface area contributed by atoms with E-state index in [0.29, 0.717) is 23.8 Å². The maximum atomic E-state index is 12.2. The van der Waals surface area contributed by atoms with Gasteiger partial charge in [-0.3, -0.25) is 9.69 Å². The second-order valence-corrected chi connectivity index (χ2v) is 6.34. The summed E-state index contributed by atoms with van der Waals surface area (Å²) in [5, 5.41) is 6.82. The van der Waals surface area contributed by atoms with Crippen LogP contribution in [0.2, 0.25) is 0 Å². The molecule has 0 bridgehead atoms. The molecule has 3 rings (SSSR count). The highest BCUT2D eigenvalue weighted by Crippen LogP contribution is 2.38. The van der Waals surface area contributed by atoms with Crippen molar-refractivity contribution in [2.75, 3.05) is 13.1 Å². The fourth-order valence-electron chi connectivity index (χ4n) is 2.67. The second-order valence-electron chi connectivity index (χ2n) is 6.34. The summed E-state index contributed by atoms with van der Waals surface area (Å²) in [7, 11) is 0. The van der Waals surface area contributed by atoms with Crippen LogP contribution in [0, 0.1) is 5.92 Å². The van der Waals surface area contributed by atoms with Gasteiger partial charge in [0.25, 0.3) is 11.7 Å². The van der Waals surface area contributed by atoms with Gasteiger partial charge in [-0.2, -0.15) is 4.98 Å². The normalized spacial score (nSPS) is 27.2. The zero-order valence-electron chi connectivity index (χ0n) is 12.3. The molecular weight excluding hydrogens is 256 g/mol. The van der Waals surface area contributed by atoms with E-state index in [1.807, 2.05) is 0 Å². The lowest BCUT2D eigenvalue weighted by molar-refractivity contribution is 0.0917. The van der Waals surface area contributed by atoms with Gasteiger partial charge in [-0.05, 0) is 32.6 Å². The van der Waals surface area contributed by atoms with Gasteiger partial charge in [-0.25, -0.2) is 0 Å². The Morgan fingerprint density at radius 3 is 2.75 bits per heavy atom. The van der Waals surface area contributed by atoms with Crippen LogP contribution in [0.25, 0.3) is 0 Å². The molecule has 1 aliphatic carbocycles. The molecule has 0 radical (unpaired) electrons. The molecule has 2 heterocycles. The summed E-state index contributed by atoms with van der Waals surface area (Å²) in [6.07, 6.45) is 2.18. The average molecular weight is 278 g/mol. The van der Waals surface area contributed by atoms with E-state index in [-0.39, 0.29) is 17.8 Å². The van der Waals surface area contributed by atoms with Gasteiger partial charge in [0.2, 0.25) is 5.89 Å². The molecule has 0 unspecified atom stereocenters. The Bertz CT molecular complexity index is 495. The number of carbonyl (C=O) groups is 1. The summed E-state index contributed by atoms with van der Waals surface area (Å²) in [6, 6.07) is 0.666. The van der Waals surface area contributed by atoms with Gasteiger partial charge in [0.15, 0.2) is 0 Å². The first-order chi connectivity index (χ1) is 9.54. The number of rotatable bonds is 4. The smallest absolute Gasteiger partial charge is 0.292 e. The van der Waals surface area contributed by atoms with Crippen LogP contribution in [0.5, 0.6) is 0 Å². The van der Waals surface area contributed by atoms with Crippen molar-refractivity contribution in [2.45, 2.75) is 51.6 Å². The minimum Gasteiger partial charge on any atom is -0.345 e. The lowest BCUT2D eigenvalue weighted by atomic mass is 10.1. The Hall–Kier alpha value is -1.43. The van der Waals surface area contributed by atoms with Crippen molar-refractivity contribution in [1.29, 1.82) is 0 Å². The fourth-order valence-corrected chi connectivity index (χ4v) is 2.67. The first-order valence-electron chi connectivity index (χ1n) is 7.43. The Balaban J connectivity index is 1.60. The lowest BCUT2D eigenvalue weighted by Gasteiger charge is -2.20. The van der Waals surface area contributed by atoms with Gasteiger partial charge in [-0.15, -0.1) is 0 Å². The zero-order chi connectivity index (χ0) is 14.3. The molecule has 1 saturated heterocycles. The van der Waals surface area contributed by atoms with Crippen molar-refractivity contribution in [3.63, 3.8) is 0 Å². The molecule has 6 nitrogen and oxygen atoms in total. The van der Waals surface area contributed by atoms with Crippen molar-refractivity contribution < 1.29 is 9.32 Å². The van der Waals surface area contributed by atoms with Gasteiger partial charge in [-0.1, -0.05) is 12.1 Å². The highest BCUT2D eigenvalue weighted by atomic mass is 16.5. The van der Waals surface area contributed by atoms with Gasteiger partial charge in [0.05, 0.1) is 0 Å². The van der Waals surface area contributed by atoms with Crippen molar-refractivity contribution >= 4 is 5.91 Å². The number of aromatic nitrogens is 2. The van der Waals surface area contributed by atoms with E-state index in [0.717, 1.165) is 25.9 Å². The minimum atomic E-state index is -0.219. The molecule has 1 aliphatic heterocycles. The zero-order valence-corrected chi connectivity index (χ0v) is 12.3. The molecule has 0 aromatic carbocycles. The molecule has 1 saturated carbocycles. The van der Waals surface area contributed by atoms with Crippen LogP contribution in [-0.2, 0) is 0 Å². The molecule has 6 heteroatoms. The summed E-state index contributed by atoms with van der Waals surface area (Å²) < 4.78 is 5.13. The summed E-state index contributed by atoms with van der Waals surface area (Å²) in [6.45, 7) is 8.43. The third-order valence-electron chi connectivity index (χ3n) is 4.26. The van der Waals surface area contributed by atoms with Crippen LogP contribution in [0.4, 0.5) is 0 Å². The quantitative estimate of drug-likeness (QED) is 0.901. The summed E-state index contributed by atoms with van der Waals surface area (Å²) in [5.74, 6) is 1.38. The predicted octanol–water partition coefficient (Wildman–Crippen LogP) is 1.41. The van der Waals surface area contributed by atoms with E-state index in [1.165, 1.54) is 0 Å². The SMILES string of the molecule is CC(C)N1C[C@H](C)[C@H](NC(=O)c2noc(C3CC3)n2)C1. The highest BCUT2D eigenvalue weighted by Gasteiger charge is 2.34. The molecule has 2 fully saturated rings. The van der Waals surface area contributed by atoms with E-state index >= 15 is 0 Å². The van der Waals surface area contributed by atoms with Crippen molar-refractivity contribution in [2.24, 2.45) is 5.92 Å². The van der Waals surface area contributed by atoms with E-state index in [1.54, 1.807) is 0 Å². The van der Waals surface area contributed by atoms with Crippen molar-refractivity contribution in [3.8, 4) is 0 Å². The maximum Gasteiger partial charge on any atom is 0.292 e. The van der Waals surface area contributed by atoms with Gasteiger partial charge in [0, 0.05) is 31.1 Å². The molecule has 110 valence electrons. The summed E-state index contributed by atoms with van der Waals surface area (Å²) in [4.78, 5) is 18.7. The van der Waals surface area contributed by atoms with Crippen LogP contribution in [0.15, 0.2) is 4.52 Å². The Morgan fingerprint density at radius 2 is 2.15 bits per heavy atom. The number of nitrogens with one attached hydrogen (secondary N) is 1. The number of hydrogen-bond donors (Lipinski definition) is 1. The number of amides is 1. The summed E-state index contributed by atoms with van der Waals surface area (Å²) >= 11 is 0. The van der Waals surface area contributed by atoms with Gasteiger partial charge >= 0.3 is 0 Å². The molecule has 1 aromatic rings. The van der Waals surface area contributed by atoms with Crippen LogP contribution in [0.1, 0.15) is 56.0 Å². The maximum absolute atomic E-state index is 12.2. The summed E-state index contributed by atoms with van der Waals surface area (Å²) in [5.41, 5.74) is 0. The molecule has 2 aliphatic rings. The standard InChI is InChI=1S/C14H22N4O2/c1-8(2)18-6-9(3)11(7-18)15-13(19)12-16-14(20-17-12)10-4-5-10/h8-11H,4-7H2,1-3H3,(H,15,19)/t9-,11+/m0/s1. The fraction of sp³-hybridized carbons (Fsp3) is 0.786. The molecule has 2 atom stereocenters. The minimum absolute atomic E-state index is 0.160. The van der Waals surface area contributed by atoms with E-state index in [4.69, 9.17) is 4.52 Å². The Morgan fingerprint density at radius 1 is 1.40 bits per heavy atom. The van der Waals surface area contributed by atoms with Crippen LogP contribution < -0.4 is 5.32 Å². The van der Waals surface area contributed by atoms with E-state index in [2.05, 4.69) is 41.1 Å². The van der Waals surface area contributed by atoms with Crippen molar-refractivity contribution in [1.82, 2.24) is 20.4 Å². The average Bonchev–Trinajstić information content (AvgIpc) is 3.01. The molecule has 20 heavy (non-hydrogen) atoms. The van der Waals surface area contributed by atoms with Gasteiger partial charge in [0.1, 0.15) is 0 Å². The number of likely N-dealkylation sites (tertiary alicyclic amines) is 1. The highest BCUT2D eigenvalue weighted by molar-refractivity contribution is 5.90. The number of carbonyl (C=O) groups excluding carboxylic acids is 1.